The van der Waals surface area contributed by atoms with Crippen LogP contribution in [-0.2, 0) is 14.3 Å². The number of allylic oxidation sites excluding steroid dienone is 1. The Labute approximate surface area is 180 Å². The summed E-state index contributed by atoms with van der Waals surface area (Å²) in [5.74, 6) is 0.234. The number of para-hydroxylation sites is 1. The standard InChI is InChI=1S/C22H25N3O4S/c1-4-29-21(27)19-13(2)23-22-25(20(19)16-7-5-6-8-17(16)28-3)15(12-30-22)11-18(26)24-14-9-10-14/h5-8,12,14,20H,4,9-11H2,1-3H3,(H,24,26). The first-order chi connectivity index (χ1) is 14.5. The van der Waals surface area contributed by atoms with Crippen LogP contribution in [0.5, 0.6) is 5.75 Å². The number of aliphatic imine (C=N–C) groups is 1. The number of methoxy groups -OCH3 is 1. The molecule has 1 aliphatic carbocycles. The molecular weight excluding hydrogens is 402 g/mol. The molecule has 2 aliphatic heterocycles. The Bertz CT molecular complexity index is 965. The molecule has 2 heterocycles. The molecule has 158 valence electrons. The van der Waals surface area contributed by atoms with E-state index in [9.17, 15) is 9.59 Å². The molecule has 1 N–H and O–H groups in total. The minimum atomic E-state index is -0.484. The number of rotatable bonds is 7. The summed E-state index contributed by atoms with van der Waals surface area (Å²) < 4.78 is 11.0. The van der Waals surface area contributed by atoms with E-state index < -0.39 is 12.0 Å². The van der Waals surface area contributed by atoms with E-state index in [2.05, 4.69) is 10.3 Å². The third-order valence-corrected chi connectivity index (χ3v) is 6.10. The van der Waals surface area contributed by atoms with Gasteiger partial charge in [-0.25, -0.2) is 9.79 Å². The van der Waals surface area contributed by atoms with Gasteiger partial charge >= 0.3 is 5.97 Å². The van der Waals surface area contributed by atoms with Crippen molar-refractivity contribution in [3.8, 4) is 5.75 Å². The normalized spacial score (nSPS) is 20.4. The van der Waals surface area contributed by atoms with E-state index in [-0.39, 0.29) is 18.9 Å². The lowest BCUT2D eigenvalue weighted by Crippen LogP contribution is -2.38. The highest BCUT2D eigenvalue weighted by Crippen LogP contribution is 2.46. The Hall–Kier alpha value is -2.74. The summed E-state index contributed by atoms with van der Waals surface area (Å²) >= 11 is 1.46. The zero-order valence-electron chi connectivity index (χ0n) is 17.3. The number of amides is 1. The van der Waals surface area contributed by atoms with Gasteiger partial charge < -0.3 is 19.7 Å². The number of carbonyl (C=O) groups excluding carboxylic acids is 2. The highest BCUT2D eigenvalue weighted by Gasteiger charge is 2.42. The van der Waals surface area contributed by atoms with E-state index >= 15 is 0 Å². The molecule has 1 fully saturated rings. The second-order valence-electron chi connectivity index (χ2n) is 7.37. The van der Waals surface area contributed by atoms with Gasteiger partial charge in [-0.15, -0.1) is 0 Å². The second-order valence-corrected chi connectivity index (χ2v) is 8.21. The van der Waals surface area contributed by atoms with Crippen molar-refractivity contribution in [2.24, 2.45) is 4.99 Å². The largest absolute Gasteiger partial charge is 0.496 e. The molecule has 1 aromatic carbocycles. The quantitative estimate of drug-likeness (QED) is 0.671. The van der Waals surface area contributed by atoms with Crippen molar-refractivity contribution in [3.63, 3.8) is 0 Å². The van der Waals surface area contributed by atoms with Crippen molar-refractivity contribution in [2.45, 2.75) is 45.2 Å². The number of amidine groups is 1. The van der Waals surface area contributed by atoms with Gasteiger partial charge in [0.05, 0.1) is 37.4 Å². The van der Waals surface area contributed by atoms with Gasteiger partial charge in [-0.1, -0.05) is 30.0 Å². The zero-order valence-corrected chi connectivity index (χ0v) is 18.1. The van der Waals surface area contributed by atoms with Crippen LogP contribution in [0.25, 0.3) is 0 Å². The molecule has 7 nitrogen and oxygen atoms in total. The maximum absolute atomic E-state index is 12.9. The molecule has 0 aromatic heterocycles. The third-order valence-electron chi connectivity index (χ3n) is 5.21. The number of hydrogen-bond donors (Lipinski definition) is 1. The van der Waals surface area contributed by atoms with Crippen molar-refractivity contribution in [1.82, 2.24) is 10.2 Å². The number of esters is 1. The number of hydrogen-bond acceptors (Lipinski definition) is 7. The molecule has 30 heavy (non-hydrogen) atoms. The SMILES string of the molecule is CCOC(=O)C1=C(C)N=C2SC=C(CC(=O)NC3CC3)N2C1c1ccccc1OC. The molecule has 1 atom stereocenters. The van der Waals surface area contributed by atoms with E-state index in [4.69, 9.17) is 9.47 Å². The number of fused-ring (bicyclic) bond motifs is 1. The molecule has 1 amide bonds. The predicted octanol–water partition coefficient (Wildman–Crippen LogP) is 3.50. The van der Waals surface area contributed by atoms with Gasteiger partial charge in [0.15, 0.2) is 5.17 Å². The van der Waals surface area contributed by atoms with Crippen LogP contribution in [-0.4, -0.2) is 41.7 Å². The summed E-state index contributed by atoms with van der Waals surface area (Å²) in [4.78, 5) is 32.1. The van der Waals surface area contributed by atoms with Gasteiger partial charge in [-0.05, 0) is 38.2 Å². The van der Waals surface area contributed by atoms with Crippen molar-refractivity contribution in [1.29, 1.82) is 0 Å². The van der Waals surface area contributed by atoms with Gasteiger partial charge in [0.1, 0.15) is 5.75 Å². The molecule has 0 spiro atoms. The lowest BCUT2D eigenvalue weighted by Gasteiger charge is -2.36. The zero-order chi connectivity index (χ0) is 21.3. The fourth-order valence-electron chi connectivity index (χ4n) is 3.70. The molecule has 8 heteroatoms. The fourth-order valence-corrected chi connectivity index (χ4v) is 4.66. The van der Waals surface area contributed by atoms with E-state index in [0.717, 1.165) is 29.3 Å². The Balaban J connectivity index is 1.75. The number of thioether (sulfide) groups is 1. The Kier molecular flexibility index (Phi) is 5.85. The Morgan fingerprint density at radius 1 is 1.30 bits per heavy atom. The first kappa shape index (κ1) is 20.5. The lowest BCUT2D eigenvalue weighted by atomic mass is 9.93. The van der Waals surface area contributed by atoms with Crippen molar-refractivity contribution in [2.75, 3.05) is 13.7 Å². The summed E-state index contributed by atoms with van der Waals surface area (Å²) in [6, 6.07) is 7.41. The lowest BCUT2D eigenvalue weighted by molar-refractivity contribution is -0.139. The number of benzene rings is 1. The van der Waals surface area contributed by atoms with Crippen LogP contribution >= 0.6 is 11.8 Å². The Morgan fingerprint density at radius 2 is 2.07 bits per heavy atom. The van der Waals surface area contributed by atoms with Crippen molar-refractivity contribution in [3.05, 3.63) is 52.2 Å². The number of nitrogens with zero attached hydrogens (tertiary/aromatic N) is 2. The highest BCUT2D eigenvalue weighted by molar-refractivity contribution is 8.16. The molecule has 0 saturated heterocycles. The monoisotopic (exact) mass is 427 g/mol. The molecule has 0 bridgehead atoms. The van der Waals surface area contributed by atoms with Gasteiger partial charge in [-0.3, -0.25) is 4.79 Å². The Morgan fingerprint density at radius 3 is 2.77 bits per heavy atom. The van der Waals surface area contributed by atoms with Crippen molar-refractivity contribution >= 4 is 28.8 Å². The topological polar surface area (TPSA) is 80.2 Å². The number of ether oxygens (including phenoxy) is 2. The molecular formula is C22H25N3O4S. The number of nitrogens with one attached hydrogen (secondary N) is 1. The van der Waals surface area contributed by atoms with E-state index in [1.165, 1.54) is 11.8 Å². The second kappa shape index (κ2) is 8.55. The van der Waals surface area contributed by atoms with Crippen LogP contribution in [0, 0.1) is 0 Å². The van der Waals surface area contributed by atoms with Crippen LogP contribution in [0.2, 0.25) is 0 Å². The number of carbonyl (C=O) groups is 2. The summed E-state index contributed by atoms with van der Waals surface area (Å²) in [6.45, 7) is 3.87. The fraction of sp³-hybridized carbons (Fsp3) is 0.409. The first-order valence-corrected chi connectivity index (χ1v) is 10.9. The molecule has 3 aliphatic rings. The molecule has 0 radical (unpaired) electrons. The third kappa shape index (κ3) is 3.96. The average Bonchev–Trinajstić information content (AvgIpc) is 3.46. The summed E-state index contributed by atoms with van der Waals surface area (Å²) in [5.41, 5.74) is 2.70. The van der Waals surface area contributed by atoms with Gasteiger partial charge in [0.25, 0.3) is 0 Å². The van der Waals surface area contributed by atoms with Crippen LogP contribution in [0.1, 0.15) is 44.7 Å². The molecule has 1 saturated carbocycles. The van der Waals surface area contributed by atoms with Crippen LogP contribution < -0.4 is 10.1 Å². The van der Waals surface area contributed by atoms with Gasteiger partial charge in [-0.2, -0.15) is 0 Å². The van der Waals surface area contributed by atoms with Crippen molar-refractivity contribution < 1.29 is 19.1 Å². The summed E-state index contributed by atoms with van der Waals surface area (Å²) in [7, 11) is 1.61. The maximum atomic E-state index is 12.9. The van der Waals surface area contributed by atoms with Crippen LogP contribution in [0.15, 0.2) is 51.6 Å². The van der Waals surface area contributed by atoms with Crippen LogP contribution in [0.4, 0.5) is 0 Å². The van der Waals surface area contributed by atoms with E-state index in [0.29, 0.717) is 23.1 Å². The van der Waals surface area contributed by atoms with E-state index in [1.54, 1.807) is 14.0 Å². The van der Waals surface area contributed by atoms with Crippen LogP contribution in [0.3, 0.4) is 0 Å². The average molecular weight is 428 g/mol. The first-order valence-electron chi connectivity index (χ1n) is 10.1. The molecule has 4 rings (SSSR count). The minimum Gasteiger partial charge on any atom is -0.496 e. The minimum absolute atomic E-state index is 0.0201. The molecule has 1 unspecified atom stereocenters. The summed E-state index contributed by atoms with van der Waals surface area (Å²) in [5, 5.41) is 5.71. The smallest absolute Gasteiger partial charge is 0.338 e. The van der Waals surface area contributed by atoms with E-state index in [1.807, 2.05) is 41.5 Å². The predicted molar refractivity (Wildman–Crippen MR) is 116 cm³/mol. The molecule has 1 aromatic rings. The maximum Gasteiger partial charge on any atom is 0.338 e. The van der Waals surface area contributed by atoms with Gasteiger partial charge in [0, 0.05) is 17.3 Å². The highest BCUT2D eigenvalue weighted by atomic mass is 32.2. The summed E-state index contributed by atoms with van der Waals surface area (Å²) in [6.07, 6.45) is 2.30. The van der Waals surface area contributed by atoms with Gasteiger partial charge in [0.2, 0.25) is 5.91 Å².